The molecule has 0 amide bonds. The molecule has 0 aliphatic rings. The van der Waals surface area contributed by atoms with Crippen molar-refractivity contribution in [1.29, 1.82) is 0 Å². The number of ether oxygens (including phenoxy) is 1. The summed E-state index contributed by atoms with van der Waals surface area (Å²) in [4.78, 5) is 3.64. The Bertz CT molecular complexity index is 329. The Morgan fingerprint density at radius 3 is 2.50 bits per heavy atom. The Morgan fingerprint density at radius 2 is 2.00 bits per heavy atom. The summed E-state index contributed by atoms with van der Waals surface area (Å²) in [5.41, 5.74) is 0.451. The normalized spacial score (nSPS) is 11.5. The molecular weight excluding hydrogens is 331 g/mol. The molecule has 0 saturated heterocycles. The topological polar surface area (TPSA) is 22.1 Å². The van der Waals surface area contributed by atoms with Gasteiger partial charge in [-0.3, -0.25) is 0 Å². The summed E-state index contributed by atoms with van der Waals surface area (Å²) in [7, 11) is 0. The molecule has 0 aliphatic carbocycles. The highest BCUT2D eigenvalue weighted by Gasteiger charge is 2.31. The molecule has 2 nitrogen and oxygen atoms in total. The van der Waals surface area contributed by atoms with E-state index in [1.165, 1.54) is 6.07 Å². The lowest BCUT2D eigenvalue weighted by molar-refractivity contribution is -0.276. The molecule has 0 atom stereocenters. The Hall–Kier alpha value is -0.300. The fourth-order valence-electron chi connectivity index (χ4n) is 0.733. The van der Waals surface area contributed by atoms with Gasteiger partial charge in [-0.15, -0.1) is 13.2 Å². The Kier molecular flexibility index (Phi) is 3.77. The van der Waals surface area contributed by atoms with Gasteiger partial charge >= 0.3 is 6.36 Å². The molecule has 0 N–H and O–H groups in total. The van der Waals surface area contributed by atoms with Crippen LogP contribution in [0.3, 0.4) is 0 Å². The second kappa shape index (κ2) is 4.48. The first-order valence-corrected chi connectivity index (χ1v) is 5.31. The number of alkyl halides is 4. The van der Waals surface area contributed by atoms with Crippen molar-refractivity contribution in [3.05, 3.63) is 22.3 Å². The standard InChI is InChI=1S/C7H4Br2F3NO/c8-3-5-4(9)1-2-6(13-5)14-7(10,11)12/h1-2H,3H2. The highest BCUT2D eigenvalue weighted by molar-refractivity contribution is 9.10. The van der Waals surface area contributed by atoms with Crippen molar-refractivity contribution in [2.75, 3.05) is 0 Å². The maximum atomic E-state index is 11.8. The summed E-state index contributed by atoms with van der Waals surface area (Å²) in [6, 6.07) is 2.59. The minimum Gasteiger partial charge on any atom is -0.388 e. The molecule has 0 spiro atoms. The van der Waals surface area contributed by atoms with Crippen LogP contribution in [0.25, 0.3) is 0 Å². The third kappa shape index (κ3) is 3.45. The second-order valence-corrected chi connectivity index (χ2v) is 3.67. The highest BCUT2D eigenvalue weighted by Crippen LogP contribution is 2.25. The van der Waals surface area contributed by atoms with E-state index < -0.39 is 12.2 Å². The van der Waals surface area contributed by atoms with Crippen LogP contribution in [0.2, 0.25) is 0 Å². The van der Waals surface area contributed by atoms with Crippen molar-refractivity contribution < 1.29 is 17.9 Å². The number of pyridine rings is 1. The van der Waals surface area contributed by atoms with Gasteiger partial charge in [0.15, 0.2) is 0 Å². The molecule has 1 rings (SSSR count). The largest absolute Gasteiger partial charge is 0.574 e. The first-order valence-electron chi connectivity index (χ1n) is 3.39. The lowest BCUT2D eigenvalue weighted by Gasteiger charge is -2.08. The first-order chi connectivity index (χ1) is 6.42. The van der Waals surface area contributed by atoms with Crippen molar-refractivity contribution in [1.82, 2.24) is 4.98 Å². The molecule has 0 aliphatic heterocycles. The molecular formula is C7H4Br2F3NO. The van der Waals surface area contributed by atoms with E-state index >= 15 is 0 Å². The van der Waals surface area contributed by atoms with Gasteiger partial charge in [0.05, 0.1) is 5.69 Å². The van der Waals surface area contributed by atoms with Gasteiger partial charge in [-0.25, -0.2) is 4.98 Å². The van der Waals surface area contributed by atoms with Crippen LogP contribution in [0.1, 0.15) is 5.69 Å². The zero-order chi connectivity index (χ0) is 10.8. The summed E-state index contributed by atoms with van der Waals surface area (Å²) in [5.74, 6) is -0.463. The van der Waals surface area contributed by atoms with Crippen LogP contribution < -0.4 is 4.74 Å². The van der Waals surface area contributed by atoms with Crippen LogP contribution >= 0.6 is 31.9 Å². The molecule has 0 unspecified atom stereocenters. The molecule has 0 aromatic carbocycles. The van der Waals surface area contributed by atoms with Gasteiger partial charge in [-0.05, 0) is 22.0 Å². The second-order valence-electron chi connectivity index (χ2n) is 2.26. The Morgan fingerprint density at radius 1 is 1.36 bits per heavy atom. The number of rotatable bonds is 2. The zero-order valence-electron chi connectivity index (χ0n) is 6.61. The molecule has 0 radical (unpaired) electrons. The molecule has 78 valence electrons. The maximum Gasteiger partial charge on any atom is 0.574 e. The van der Waals surface area contributed by atoms with E-state index in [2.05, 4.69) is 41.6 Å². The van der Waals surface area contributed by atoms with Crippen molar-refractivity contribution in [2.45, 2.75) is 11.7 Å². The molecule has 1 aromatic heterocycles. The van der Waals surface area contributed by atoms with E-state index in [9.17, 15) is 13.2 Å². The van der Waals surface area contributed by atoms with Crippen LogP contribution in [0, 0.1) is 0 Å². The predicted octanol–water partition coefficient (Wildman–Crippen LogP) is 3.64. The predicted molar refractivity (Wildman–Crippen MR) is 51.3 cm³/mol. The number of nitrogens with zero attached hydrogens (tertiary/aromatic N) is 1. The van der Waals surface area contributed by atoms with Crippen molar-refractivity contribution in [3.8, 4) is 5.88 Å². The smallest absolute Gasteiger partial charge is 0.388 e. The average molecular weight is 335 g/mol. The summed E-state index contributed by atoms with van der Waals surface area (Å²) >= 11 is 6.23. The van der Waals surface area contributed by atoms with Crippen molar-refractivity contribution in [3.63, 3.8) is 0 Å². The lowest BCUT2D eigenvalue weighted by Crippen LogP contribution is -2.18. The minimum absolute atomic E-state index is 0.350. The first kappa shape index (κ1) is 11.8. The van der Waals surface area contributed by atoms with Gasteiger partial charge in [0, 0.05) is 15.9 Å². The highest BCUT2D eigenvalue weighted by atomic mass is 79.9. The molecule has 0 fully saturated rings. The fourth-order valence-corrected chi connectivity index (χ4v) is 1.90. The van der Waals surface area contributed by atoms with Gasteiger partial charge in [0.1, 0.15) is 0 Å². The lowest BCUT2D eigenvalue weighted by atomic mass is 10.4. The van der Waals surface area contributed by atoms with Gasteiger partial charge in [0.2, 0.25) is 5.88 Å². The van der Waals surface area contributed by atoms with Crippen LogP contribution in [-0.4, -0.2) is 11.3 Å². The fraction of sp³-hybridized carbons (Fsp3) is 0.286. The summed E-state index contributed by atoms with van der Waals surface area (Å²) in [6.45, 7) is 0. The van der Waals surface area contributed by atoms with E-state index in [4.69, 9.17) is 0 Å². The summed E-state index contributed by atoms with van der Waals surface area (Å²) < 4.78 is 39.7. The molecule has 7 heteroatoms. The number of hydrogen-bond acceptors (Lipinski definition) is 2. The summed E-state index contributed by atoms with van der Waals surface area (Å²) in [6.07, 6.45) is -4.70. The van der Waals surface area contributed by atoms with E-state index in [-0.39, 0.29) is 0 Å². The van der Waals surface area contributed by atoms with Gasteiger partial charge < -0.3 is 4.74 Å². The van der Waals surface area contributed by atoms with E-state index in [1.807, 2.05) is 0 Å². The van der Waals surface area contributed by atoms with E-state index in [1.54, 1.807) is 0 Å². The number of aromatic nitrogens is 1. The minimum atomic E-state index is -4.70. The molecule has 14 heavy (non-hydrogen) atoms. The van der Waals surface area contributed by atoms with Crippen molar-refractivity contribution in [2.24, 2.45) is 0 Å². The summed E-state index contributed by atoms with van der Waals surface area (Å²) in [5, 5.41) is 0.350. The monoisotopic (exact) mass is 333 g/mol. The Labute approximate surface area is 94.7 Å². The SMILES string of the molecule is FC(F)(F)Oc1ccc(Br)c(CBr)n1. The quantitative estimate of drug-likeness (QED) is 0.770. The number of hydrogen-bond donors (Lipinski definition) is 0. The van der Waals surface area contributed by atoms with Crippen LogP contribution in [-0.2, 0) is 5.33 Å². The number of halogens is 5. The van der Waals surface area contributed by atoms with Crippen LogP contribution in [0.4, 0.5) is 13.2 Å². The Balaban J connectivity index is 2.90. The molecule has 0 bridgehead atoms. The zero-order valence-corrected chi connectivity index (χ0v) is 9.78. The van der Waals surface area contributed by atoms with Crippen LogP contribution in [0.5, 0.6) is 5.88 Å². The molecule has 1 heterocycles. The third-order valence-corrected chi connectivity index (χ3v) is 2.49. The van der Waals surface area contributed by atoms with Gasteiger partial charge in [0.25, 0.3) is 0 Å². The maximum absolute atomic E-state index is 11.8. The molecule has 1 aromatic rings. The van der Waals surface area contributed by atoms with Crippen LogP contribution in [0.15, 0.2) is 16.6 Å². The molecule has 0 saturated carbocycles. The van der Waals surface area contributed by atoms with Crippen molar-refractivity contribution >= 4 is 31.9 Å². The van der Waals surface area contributed by atoms with E-state index in [0.29, 0.717) is 15.5 Å². The van der Waals surface area contributed by atoms with Gasteiger partial charge in [-0.2, -0.15) is 0 Å². The average Bonchev–Trinajstić information content (AvgIpc) is 2.06. The van der Waals surface area contributed by atoms with E-state index in [0.717, 1.165) is 6.07 Å². The third-order valence-electron chi connectivity index (χ3n) is 1.24. The van der Waals surface area contributed by atoms with Gasteiger partial charge in [-0.1, -0.05) is 15.9 Å².